The molecule has 0 saturated carbocycles. The fraction of sp³-hybridized carbons (Fsp3) is 0.905. The number of piperidine rings is 2. The molecular weight excluding hydrogens is 294 g/mol. The molecule has 3 nitrogen and oxygen atoms in total. The summed E-state index contributed by atoms with van der Waals surface area (Å²) in [6.07, 6.45) is 6.91. The van der Waals surface area contributed by atoms with Gasteiger partial charge in [0.15, 0.2) is 0 Å². The first-order valence-electron chi connectivity index (χ1n) is 9.70. The zero-order valence-electron chi connectivity index (χ0n) is 17.4. The van der Waals surface area contributed by atoms with Gasteiger partial charge < -0.3 is 10.6 Å². The van der Waals surface area contributed by atoms with Crippen LogP contribution >= 0.6 is 0 Å². The Morgan fingerprint density at radius 1 is 0.750 bits per heavy atom. The molecule has 0 bridgehead atoms. The molecule has 0 radical (unpaired) electrons. The van der Waals surface area contributed by atoms with Gasteiger partial charge >= 0.3 is 0 Å². The number of nitrogens with zero attached hydrogens (tertiary/aromatic N) is 1. The van der Waals surface area contributed by atoms with Crippen molar-refractivity contribution in [2.75, 3.05) is 6.54 Å². The van der Waals surface area contributed by atoms with Crippen LogP contribution in [0.5, 0.6) is 0 Å². The van der Waals surface area contributed by atoms with Gasteiger partial charge in [0, 0.05) is 40.8 Å². The van der Waals surface area contributed by atoms with Crippen LogP contribution in [0.15, 0.2) is 12.7 Å². The van der Waals surface area contributed by atoms with Gasteiger partial charge in [-0.05, 0) is 81.1 Å². The molecule has 2 rings (SSSR count). The van der Waals surface area contributed by atoms with E-state index in [1.165, 1.54) is 25.7 Å². The molecule has 0 amide bonds. The van der Waals surface area contributed by atoms with Crippen molar-refractivity contribution in [1.29, 1.82) is 0 Å². The standard InChI is InChI=1S/C21H41N3/c1-10-11-24(16-12-18(2,3)22-19(4,5)13-16)17-14-20(6,7)23-21(8,9)15-17/h10,16-17,22-23H,1,11-15H2,2-9H3. The molecule has 0 aliphatic carbocycles. The minimum atomic E-state index is 0.184. The number of hydrogen-bond donors (Lipinski definition) is 2. The van der Waals surface area contributed by atoms with E-state index < -0.39 is 0 Å². The van der Waals surface area contributed by atoms with Crippen molar-refractivity contribution in [2.24, 2.45) is 0 Å². The average molecular weight is 336 g/mol. The van der Waals surface area contributed by atoms with E-state index in [1.54, 1.807) is 0 Å². The van der Waals surface area contributed by atoms with Crippen molar-refractivity contribution < 1.29 is 0 Å². The van der Waals surface area contributed by atoms with Gasteiger partial charge in [0.2, 0.25) is 0 Å². The maximum Gasteiger partial charge on any atom is 0.0166 e. The van der Waals surface area contributed by atoms with Crippen molar-refractivity contribution in [3.8, 4) is 0 Å². The van der Waals surface area contributed by atoms with Crippen LogP contribution in [0, 0.1) is 0 Å². The van der Waals surface area contributed by atoms with E-state index in [1.807, 2.05) is 0 Å². The molecule has 2 saturated heterocycles. The first-order valence-corrected chi connectivity index (χ1v) is 9.70. The molecule has 24 heavy (non-hydrogen) atoms. The molecule has 0 spiro atoms. The van der Waals surface area contributed by atoms with E-state index >= 15 is 0 Å². The predicted octanol–water partition coefficient (Wildman–Crippen LogP) is 4.09. The third-order valence-electron chi connectivity index (χ3n) is 5.62. The smallest absolute Gasteiger partial charge is 0.0166 e. The maximum absolute atomic E-state index is 4.06. The van der Waals surface area contributed by atoms with E-state index in [9.17, 15) is 0 Å². The predicted molar refractivity (Wildman–Crippen MR) is 106 cm³/mol. The number of rotatable bonds is 4. The summed E-state index contributed by atoms with van der Waals surface area (Å²) in [6.45, 7) is 23.9. The Morgan fingerprint density at radius 2 is 1.04 bits per heavy atom. The zero-order valence-corrected chi connectivity index (χ0v) is 17.4. The summed E-state index contributed by atoms with van der Waals surface area (Å²) in [5, 5.41) is 7.66. The molecular formula is C21H41N3. The highest BCUT2D eigenvalue weighted by Crippen LogP contribution is 2.37. The Morgan fingerprint density at radius 3 is 1.29 bits per heavy atom. The van der Waals surface area contributed by atoms with Gasteiger partial charge in [0.25, 0.3) is 0 Å². The zero-order chi connectivity index (χ0) is 18.4. The van der Waals surface area contributed by atoms with E-state index in [2.05, 4.69) is 83.6 Å². The van der Waals surface area contributed by atoms with Crippen LogP contribution in [0.1, 0.15) is 81.1 Å². The van der Waals surface area contributed by atoms with Crippen molar-refractivity contribution in [2.45, 2.75) is 115 Å². The first-order chi connectivity index (χ1) is 10.7. The molecule has 0 unspecified atom stereocenters. The molecule has 2 aliphatic heterocycles. The quantitative estimate of drug-likeness (QED) is 0.758. The highest BCUT2D eigenvalue weighted by molar-refractivity contribution is 5.06. The van der Waals surface area contributed by atoms with Crippen LogP contribution in [-0.4, -0.2) is 45.7 Å². The van der Waals surface area contributed by atoms with Crippen molar-refractivity contribution in [3.63, 3.8) is 0 Å². The molecule has 2 heterocycles. The summed E-state index contributed by atoms with van der Waals surface area (Å²) in [5.41, 5.74) is 0.737. The molecule has 0 atom stereocenters. The van der Waals surface area contributed by atoms with Gasteiger partial charge in [0.1, 0.15) is 0 Å². The molecule has 140 valence electrons. The summed E-state index contributed by atoms with van der Waals surface area (Å²) >= 11 is 0. The Kier molecular flexibility index (Phi) is 5.32. The molecule has 2 N–H and O–H groups in total. The summed E-state index contributed by atoms with van der Waals surface area (Å²) in [4.78, 5) is 2.77. The van der Waals surface area contributed by atoms with Gasteiger partial charge in [-0.3, -0.25) is 4.90 Å². The Balaban J connectivity index is 2.26. The van der Waals surface area contributed by atoms with Gasteiger partial charge in [0.05, 0.1) is 0 Å². The topological polar surface area (TPSA) is 27.3 Å². The largest absolute Gasteiger partial charge is 0.307 e. The van der Waals surface area contributed by atoms with E-state index in [4.69, 9.17) is 0 Å². The van der Waals surface area contributed by atoms with Crippen LogP contribution in [0.3, 0.4) is 0 Å². The second-order valence-corrected chi connectivity index (χ2v) is 10.9. The van der Waals surface area contributed by atoms with Crippen LogP contribution in [0.4, 0.5) is 0 Å². The lowest BCUT2D eigenvalue weighted by atomic mass is 9.75. The minimum Gasteiger partial charge on any atom is -0.307 e. The fourth-order valence-electron chi connectivity index (χ4n) is 5.75. The number of nitrogens with one attached hydrogen (secondary N) is 2. The molecule has 0 aromatic carbocycles. The van der Waals surface area contributed by atoms with Crippen LogP contribution < -0.4 is 10.6 Å². The minimum absolute atomic E-state index is 0.184. The van der Waals surface area contributed by atoms with E-state index in [0.717, 1.165) is 6.54 Å². The lowest BCUT2D eigenvalue weighted by Crippen LogP contribution is -2.66. The van der Waals surface area contributed by atoms with Crippen molar-refractivity contribution in [1.82, 2.24) is 15.5 Å². The third kappa shape index (κ3) is 5.06. The summed E-state index contributed by atoms with van der Waals surface area (Å²) in [5.74, 6) is 0. The lowest BCUT2D eigenvalue weighted by molar-refractivity contribution is 0.00502. The second-order valence-electron chi connectivity index (χ2n) is 10.9. The van der Waals surface area contributed by atoms with Crippen molar-refractivity contribution >= 4 is 0 Å². The Labute approximate surface area is 150 Å². The highest BCUT2D eigenvalue weighted by Gasteiger charge is 2.45. The van der Waals surface area contributed by atoms with Gasteiger partial charge in [-0.15, -0.1) is 6.58 Å². The lowest BCUT2D eigenvalue weighted by Gasteiger charge is -2.55. The van der Waals surface area contributed by atoms with Crippen molar-refractivity contribution in [3.05, 3.63) is 12.7 Å². The normalized spacial score (nSPS) is 29.5. The van der Waals surface area contributed by atoms with E-state index in [-0.39, 0.29) is 22.2 Å². The second kappa shape index (κ2) is 6.41. The molecule has 2 aliphatic rings. The first kappa shape index (κ1) is 19.9. The molecule has 3 heteroatoms. The van der Waals surface area contributed by atoms with Crippen LogP contribution in [0.25, 0.3) is 0 Å². The molecule has 0 aromatic rings. The Bertz CT molecular complexity index is 392. The van der Waals surface area contributed by atoms with Gasteiger partial charge in [-0.25, -0.2) is 0 Å². The summed E-state index contributed by atoms with van der Waals surface area (Å²) < 4.78 is 0. The highest BCUT2D eigenvalue weighted by atomic mass is 15.2. The monoisotopic (exact) mass is 335 g/mol. The van der Waals surface area contributed by atoms with Gasteiger partial charge in [-0.2, -0.15) is 0 Å². The maximum atomic E-state index is 4.06. The number of hydrogen-bond acceptors (Lipinski definition) is 3. The third-order valence-corrected chi connectivity index (χ3v) is 5.62. The van der Waals surface area contributed by atoms with Crippen LogP contribution in [0.2, 0.25) is 0 Å². The summed E-state index contributed by atoms with van der Waals surface area (Å²) in [6, 6.07) is 1.23. The molecule has 0 aromatic heterocycles. The fourth-order valence-corrected chi connectivity index (χ4v) is 5.75. The average Bonchev–Trinajstić information content (AvgIpc) is 2.27. The Hall–Kier alpha value is -0.380. The van der Waals surface area contributed by atoms with Crippen LogP contribution in [-0.2, 0) is 0 Å². The van der Waals surface area contributed by atoms with Gasteiger partial charge in [-0.1, -0.05) is 6.08 Å². The summed E-state index contributed by atoms with van der Waals surface area (Å²) in [7, 11) is 0. The molecule has 2 fully saturated rings. The SMILES string of the molecule is C=CCN(C1CC(C)(C)NC(C)(C)C1)C1CC(C)(C)NC(C)(C)C1. The van der Waals surface area contributed by atoms with E-state index in [0.29, 0.717) is 12.1 Å².